The van der Waals surface area contributed by atoms with E-state index in [-0.39, 0.29) is 0 Å². The summed E-state index contributed by atoms with van der Waals surface area (Å²) in [4.78, 5) is 23.7. The fourth-order valence-corrected chi connectivity index (χ4v) is 2.79. The van der Waals surface area contributed by atoms with Crippen LogP contribution in [0.3, 0.4) is 0 Å². The second-order valence-electron chi connectivity index (χ2n) is 8.30. The fourth-order valence-electron chi connectivity index (χ4n) is 2.79. The van der Waals surface area contributed by atoms with Crippen molar-refractivity contribution < 1.29 is 23.8 Å². The van der Waals surface area contributed by atoms with Crippen molar-refractivity contribution in [1.29, 1.82) is 0 Å². The average Bonchev–Trinajstić information content (AvgIpc) is 2.49. The third-order valence-corrected chi connectivity index (χ3v) is 4.40. The summed E-state index contributed by atoms with van der Waals surface area (Å²) < 4.78 is 15.2. The molecule has 0 aliphatic rings. The van der Waals surface area contributed by atoms with Crippen LogP contribution in [0.25, 0.3) is 0 Å². The maximum absolute atomic E-state index is 11.8. The molecule has 5 nitrogen and oxygen atoms in total. The standard InChI is InChI=1S/C21H40O5/c1-7-9-11-13-15-17-21(5,6)26-19(23)24-18(22)25-20(3,4)16-14-12-10-8-2/h7-17H2,1-6H3. The molecule has 0 heterocycles. The number of carbonyl (C=O) groups excluding carboxylic acids is 2. The van der Waals surface area contributed by atoms with E-state index in [2.05, 4.69) is 18.6 Å². The van der Waals surface area contributed by atoms with Gasteiger partial charge in [-0.05, 0) is 53.4 Å². The zero-order valence-corrected chi connectivity index (χ0v) is 17.8. The van der Waals surface area contributed by atoms with E-state index in [9.17, 15) is 9.59 Å². The SMILES string of the molecule is CCCCCCCC(C)(C)OC(=O)OC(=O)OC(C)(C)CCCCCC. The van der Waals surface area contributed by atoms with Crippen LogP contribution in [0, 0.1) is 0 Å². The van der Waals surface area contributed by atoms with Crippen molar-refractivity contribution in [1.82, 2.24) is 0 Å². The summed E-state index contributed by atoms with van der Waals surface area (Å²) in [6.07, 6.45) is 9.61. The number of rotatable bonds is 13. The molecule has 0 aromatic carbocycles. The van der Waals surface area contributed by atoms with Crippen LogP contribution in [-0.2, 0) is 14.2 Å². The van der Waals surface area contributed by atoms with Gasteiger partial charge in [0.2, 0.25) is 0 Å². The zero-order chi connectivity index (χ0) is 20.1. The number of hydrogen-bond acceptors (Lipinski definition) is 5. The second kappa shape index (κ2) is 13.0. The zero-order valence-electron chi connectivity index (χ0n) is 17.8. The van der Waals surface area contributed by atoms with E-state index in [1.54, 1.807) is 0 Å². The monoisotopic (exact) mass is 372 g/mol. The lowest BCUT2D eigenvalue weighted by Crippen LogP contribution is -2.33. The summed E-state index contributed by atoms with van der Waals surface area (Å²) >= 11 is 0. The van der Waals surface area contributed by atoms with Crippen molar-refractivity contribution in [3.63, 3.8) is 0 Å². The van der Waals surface area contributed by atoms with Gasteiger partial charge >= 0.3 is 12.3 Å². The lowest BCUT2D eigenvalue weighted by Gasteiger charge is -2.26. The highest BCUT2D eigenvalue weighted by atomic mass is 16.8. The Kier molecular flexibility index (Phi) is 12.4. The van der Waals surface area contributed by atoms with E-state index in [1.807, 2.05) is 27.7 Å². The molecular formula is C21H40O5. The van der Waals surface area contributed by atoms with E-state index in [4.69, 9.17) is 9.47 Å². The molecule has 0 saturated heterocycles. The molecule has 0 radical (unpaired) electrons. The molecule has 0 amide bonds. The van der Waals surface area contributed by atoms with E-state index >= 15 is 0 Å². The lowest BCUT2D eigenvalue weighted by atomic mass is 10.00. The minimum Gasteiger partial charge on any atom is -0.428 e. The van der Waals surface area contributed by atoms with Crippen LogP contribution in [0.5, 0.6) is 0 Å². The summed E-state index contributed by atoms with van der Waals surface area (Å²) in [7, 11) is 0. The summed E-state index contributed by atoms with van der Waals surface area (Å²) in [6.45, 7) is 11.6. The average molecular weight is 373 g/mol. The first kappa shape index (κ1) is 24.7. The molecule has 5 heteroatoms. The molecular weight excluding hydrogens is 332 g/mol. The predicted octanol–water partition coefficient (Wildman–Crippen LogP) is 7.16. The van der Waals surface area contributed by atoms with Crippen molar-refractivity contribution >= 4 is 12.3 Å². The van der Waals surface area contributed by atoms with Crippen molar-refractivity contribution in [3.8, 4) is 0 Å². The molecule has 0 N–H and O–H groups in total. The van der Waals surface area contributed by atoms with Gasteiger partial charge in [-0.15, -0.1) is 0 Å². The first-order valence-electron chi connectivity index (χ1n) is 10.3. The Balaban J connectivity index is 4.13. The van der Waals surface area contributed by atoms with Crippen LogP contribution in [0.15, 0.2) is 0 Å². The van der Waals surface area contributed by atoms with Crippen LogP contribution in [0.2, 0.25) is 0 Å². The Morgan fingerprint density at radius 3 is 1.35 bits per heavy atom. The molecule has 0 aliphatic heterocycles. The van der Waals surface area contributed by atoms with Gasteiger partial charge < -0.3 is 14.2 Å². The smallest absolute Gasteiger partial charge is 0.428 e. The Bertz CT molecular complexity index is 401. The number of ether oxygens (including phenoxy) is 3. The Hall–Kier alpha value is -1.26. The molecule has 0 aromatic rings. The van der Waals surface area contributed by atoms with E-state index in [0.29, 0.717) is 0 Å². The van der Waals surface area contributed by atoms with Gasteiger partial charge in [0.15, 0.2) is 0 Å². The van der Waals surface area contributed by atoms with E-state index in [0.717, 1.165) is 44.9 Å². The number of unbranched alkanes of at least 4 members (excludes halogenated alkanes) is 7. The molecule has 0 aliphatic carbocycles. The van der Waals surface area contributed by atoms with Gasteiger partial charge in [0.1, 0.15) is 11.2 Å². The van der Waals surface area contributed by atoms with Gasteiger partial charge in [0.05, 0.1) is 0 Å². The van der Waals surface area contributed by atoms with Crippen LogP contribution in [0.4, 0.5) is 9.59 Å². The highest BCUT2D eigenvalue weighted by Crippen LogP contribution is 2.22. The first-order chi connectivity index (χ1) is 12.1. The van der Waals surface area contributed by atoms with Crippen LogP contribution in [0.1, 0.15) is 112 Å². The van der Waals surface area contributed by atoms with E-state index < -0.39 is 23.5 Å². The molecule has 0 bridgehead atoms. The third kappa shape index (κ3) is 14.0. The highest BCUT2D eigenvalue weighted by molar-refractivity contribution is 5.77. The first-order valence-corrected chi connectivity index (χ1v) is 10.3. The molecule has 0 aromatic heterocycles. The second-order valence-corrected chi connectivity index (χ2v) is 8.30. The van der Waals surface area contributed by atoms with Gasteiger partial charge in [0.25, 0.3) is 0 Å². The summed E-state index contributed by atoms with van der Waals surface area (Å²) in [5.74, 6) is 0. The molecule has 0 atom stereocenters. The van der Waals surface area contributed by atoms with Gasteiger partial charge in [-0.1, -0.05) is 58.8 Å². The highest BCUT2D eigenvalue weighted by Gasteiger charge is 2.28. The Labute approximate surface area is 160 Å². The van der Waals surface area contributed by atoms with Gasteiger partial charge in [-0.2, -0.15) is 0 Å². The fraction of sp³-hybridized carbons (Fsp3) is 0.905. The lowest BCUT2D eigenvalue weighted by molar-refractivity contribution is -0.0432. The van der Waals surface area contributed by atoms with Gasteiger partial charge in [0, 0.05) is 0 Å². The minimum absolute atomic E-state index is 0.653. The topological polar surface area (TPSA) is 61.8 Å². The summed E-state index contributed by atoms with van der Waals surface area (Å²) in [5, 5.41) is 0. The van der Waals surface area contributed by atoms with Gasteiger partial charge in [-0.25, -0.2) is 9.59 Å². The normalized spacial score (nSPS) is 11.9. The molecule has 0 fully saturated rings. The van der Waals surface area contributed by atoms with Crippen molar-refractivity contribution in [3.05, 3.63) is 0 Å². The van der Waals surface area contributed by atoms with Crippen LogP contribution in [-0.4, -0.2) is 23.5 Å². The number of carbonyl (C=O) groups is 2. The summed E-state index contributed by atoms with van der Waals surface area (Å²) in [6, 6.07) is 0. The Morgan fingerprint density at radius 1 is 0.615 bits per heavy atom. The number of hydrogen-bond donors (Lipinski definition) is 0. The molecule has 0 spiro atoms. The Morgan fingerprint density at radius 2 is 0.962 bits per heavy atom. The van der Waals surface area contributed by atoms with Crippen molar-refractivity contribution in [2.45, 2.75) is 123 Å². The van der Waals surface area contributed by atoms with Crippen LogP contribution < -0.4 is 0 Å². The molecule has 0 unspecified atom stereocenters. The molecule has 26 heavy (non-hydrogen) atoms. The maximum atomic E-state index is 11.8. The quantitative estimate of drug-likeness (QED) is 0.195. The molecule has 0 rings (SSSR count). The summed E-state index contributed by atoms with van der Waals surface area (Å²) in [5.41, 5.74) is -1.31. The predicted molar refractivity (Wildman–Crippen MR) is 104 cm³/mol. The van der Waals surface area contributed by atoms with Crippen molar-refractivity contribution in [2.24, 2.45) is 0 Å². The van der Waals surface area contributed by atoms with Crippen molar-refractivity contribution in [2.75, 3.05) is 0 Å². The van der Waals surface area contributed by atoms with Gasteiger partial charge in [-0.3, -0.25) is 0 Å². The molecule has 0 saturated carbocycles. The maximum Gasteiger partial charge on any atom is 0.519 e. The van der Waals surface area contributed by atoms with E-state index in [1.165, 1.54) is 25.7 Å². The third-order valence-electron chi connectivity index (χ3n) is 4.40. The van der Waals surface area contributed by atoms with Crippen LogP contribution >= 0.6 is 0 Å². The molecule has 154 valence electrons. The largest absolute Gasteiger partial charge is 0.519 e. The minimum atomic E-state index is -0.991.